The molecule has 0 amide bonds. The van der Waals surface area contributed by atoms with E-state index in [2.05, 4.69) is 6.92 Å². The van der Waals surface area contributed by atoms with Crippen molar-refractivity contribution in [2.75, 3.05) is 5.75 Å². The van der Waals surface area contributed by atoms with Crippen LogP contribution in [0.25, 0.3) is 0 Å². The molecule has 2 nitrogen and oxygen atoms in total. The maximum Gasteiger partial charge on any atom is 0.335 e. The van der Waals surface area contributed by atoms with Gasteiger partial charge >= 0.3 is 5.97 Å². The molecule has 1 aromatic rings. The summed E-state index contributed by atoms with van der Waals surface area (Å²) in [6, 6.07) is 3.90. The zero-order chi connectivity index (χ0) is 11.3. The molecule has 0 saturated carbocycles. The second-order valence-corrected chi connectivity index (χ2v) is 4.27. The zero-order valence-electron chi connectivity index (χ0n) is 8.50. The monoisotopic (exact) mass is 228 g/mol. The van der Waals surface area contributed by atoms with Gasteiger partial charge in [-0.15, -0.1) is 0 Å². The number of carbonyl (C=O) groups is 1. The molecule has 0 fully saturated rings. The van der Waals surface area contributed by atoms with Gasteiger partial charge in [0.1, 0.15) is 5.82 Å². The van der Waals surface area contributed by atoms with E-state index in [1.54, 1.807) is 11.8 Å². The molecule has 0 atom stereocenters. The minimum Gasteiger partial charge on any atom is -0.478 e. The topological polar surface area (TPSA) is 37.3 Å². The third-order valence-electron chi connectivity index (χ3n) is 1.90. The average molecular weight is 228 g/mol. The summed E-state index contributed by atoms with van der Waals surface area (Å²) in [5.74, 6) is 0.137. The van der Waals surface area contributed by atoms with E-state index in [9.17, 15) is 9.18 Å². The summed E-state index contributed by atoms with van der Waals surface area (Å²) in [7, 11) is 0. The lowest BCUT2D eigenvalue weighted by Crippen LogP contribution is -1.99. The number of benzene rings is 1. The Hall–Kier alpha value is -1.03. The van der Waals surface area contributed by atoms with Gasteiger partial charge in [0, 0.05) is 5.75 Å². The molecule has 0 saturated heterocycles. The van der Waals surface area contributed by atoms with Crippen LogP contribution in [0.5, 0.6) is 0 Å². The SMILES string of the molecule is CCCSCc1cc(C(=O)O)ccc1F. The summed E-state index contributed by atoms with van der Waals surface area (Å²) in [6.07, 6.45) is 1.03. The first-order chi connectivity index (χ1) is 7.15. The van der Waals surface area contributed by atoms with E-state index in [0.29, 0.717) is 11.3 Å². The highest BCUT2D eigenvalue weighted by atomic mass is 32.2. The maximum absolute atomic E-state index is 13.3. The molecular weight excluding hydrogens is 215 g/mol. The van der Waals surface area contributed by atoms with Gasteiger partial charge in [-0.2, -0.15) is 11.8 Å². The Labute approximate surface area is 92.5 Å². The molecule has 0 aliphatic heterocycles. The van der Waals surface area contributed by atoms with Crippen LogP contribution in [0.1, 0.15) is 29.3 Å². The standard InChI is InChI=1S/C11H13FO2S/c1-2-5-15-7-9-6-8(11(13)14)3-4-10(9)12/h3-4,6H,2,5,7H2,1H3,(H,13,14). The van der Waals surface area contributed by atoms with Crippen molar-refractivity contribution in [2.45, 2.75) is 19.1 Å². The van der Waals surface area contributed by atoms with Gasteiger partial charge in [-0.3, -0.25) is 0 Å². The third kappa shape index (κ3) is 3.55. The number of aromatic carboxylic acids is 1. The van der Waals surface area contributed by atoms with Gasteiger partial charge in [-0.05, 0) is 35.9 Å². The smallest absolute Gasteiger partial charge is 0.335 e. The van der Waals surface area contributed by atoms with Crippen LogP contribution in [0, 0.1) is 5.82 Å². The highest BCUT2D eigenvalue weighted by Crippen LogP contribution is 2.18. The first-order valence-corrected chi connectivity index (χ1v) is 5.90. The van der Waals surface area contributed by atoms with E-state index in [-0.39, 0.29) is 11.4 Å². The average Bonchev–Trinajstić information content (AvgIpc) is 2.20. The van der Waals surface area contributed by atoms with Gasteiger partial charge in [0.15, 0.2) is 0 Å². The van der Waals surface area contributed by atoms with Gasteiger partial charge < -0.3 is 5.11 Å². The minimum atomic E-state index is -1.02. The molecule has 0 heterocycles. The Bertz CT molecular complexity index is 352. The molecule has 0 spiro atoms. The van der Waals surface area contributed by atoms with Crippen molar-refractivity contribution < 1.29 is 14.3 Å². The molecule has 4 heteroatoms. The predicted octanol–water partition coefficient (Wildman–Crippen LogP) is 3.17. The first-order valence-electron chi connectivity index (χ1n) is 4.74. The summed E-state index contributed by atoms with van der Waals surface area (Å²) in [4.78, 5) is 10.7. The Morgan fingerprint density at radius 3 is 2.87 bits per heavy atom. The molecule has 15 heavy (non-hydrogen) atoms. The molecule has 82 valence electrons. The number of carboxylic acid groups (broad SMARTS) is 1. The molecule has 0 unspecified atom stereocenters. The van der Waals surface area contributed by atoms with Crippen molar-refractivity contribution in [1.29, 1.82) is 0 Å². The van der Waals surface area contributed by atoms with Crippen LogP contribution in [-0.4, -0.2) is 16.8 Å². The van der Waals surface area contributed by atoms with Crippen LogP contribution in [0.2, 0.25) is 0 Å². The third-order valence-corrected chi connectivity index (χ3v) is 3.11. The number of carboxylic acids is 1. The lowest BCUT2D eigenvalue weighted by molar-refractivity contribution is 0.0696. The van der Waals surface area contributed by atoms with Crippen molar-refractivity contribution >= 4 is 17.7 Å². The van der Waals surface area contributed by atoms with Crippen LogP contribution in [0.15, 0.2) is 18.2 Å². The molecule has 1 aromatic carbocycles. The molecule has 0 radical (unpaired) electrons. The second-order valence-electron chi connectivity index (χ2n) is 3.16. The summed E-state index contributed by atoms with van der Waals surface area (Å²) in [5, 5.41) is 8.74. The maximum atomic E-state index is 13.3. The number of hydrogen-bond acceptors (Lipinski definition) is 2. The summed E-state index contributed by atoms with van der Waals surface area (Å²) in [6.45, 7) is 2.05. The van der Waals surface area contributed by atoms with E-state index in [0.717, 1.165) is 12.2 Å². The predicted molar refractivity (Wildman–Crippen MR) is 59.8 cm³/mol. The Kier molecular flexibility index (Phi) is 4.62. The van der Waals surface area contributed by atoms with Crippen molar-refractivity contribution in [3.8, 4) is 0 Å². The van der Waals surface area contributed by atoms with E-state index >= 15 is 0 Å². The Balaban J connectivity index is 2.76. The summed E-state index contributed by atoms with van der Waals surface area (Å²) in [5.41, 5.74) is 0.608. The van der Waals surface area contributed by atoms with E-state index in [1.807, 2.05) is 0 Å². The largest absolute Gasteiger partial charge is 0.478 e. The summed E-state index contributed by atoms with van der Waals surface area (Å²) < 4.78 is 13.3. The lowest BCUT2D eigenvalue weighted by atomic mass is 10.1. The first kappa shape index (κ1) is 12.0. The Morgan fingerprint density at radius 2 is 2.27 bits per heavy atom. The lowest BCUT2D eigenvalue weighted by Gasteiger charge is -2.03. The van der Waals surface area contributed by atoms with Crippen molar-refractivity contribution in [3.05, 3.63) is 35.1 Å². The quantitative estimate of drug-likeness (QED) is 0.786. The van der Waals surface area contributed by atoms with Crippen LogP contribution >= 0.6 is 11.8 Å². The van der Waals surface area contributed by atoms with Gasteiger partial charge in [-0.25, -0.2) is 9.18 Å². The fourth-order valence-corrected chi connectivity index (χ4v) is 2.02. The van der Waals surface area contributed by atoms with Crippen molar-refractivity contribution in [3.63, 3.8) is 0 Å². The summed E-state index contributed by atoms with van der Waals surface area (Å²) >= 11 is 1.61. The second kappa shape index (κ2) is 5.75. The fraction of sp³-hybridized carbons (Fsp3) is 0.364. The number of thioether (sulfide) groups is 1. The van der Waals surface area contributed by atoms with E-state index in [1.165, 1.54) is 18.2 Å². The molecular formula is C11H13FO2S. The fourth-order valence-electron chi connectivity index (χ4n) is 1.14. The van der Waals surface area contributed by atoms with Gasteiger partial charge in [-0.1, -0.05) is 6.92 Å². The highest BCUT2D eigenvalue weighted by molar-refractivity contribution is 7.98. The molecule has 0 aromatic heterocycles. The van der Waals surface area contributed by atoms with Gasteiger partial charge in [0.05, 0.1) is 5.56 Å². The van der Waals surface area contributed by atoms with Crippen LogP contribution in [0.3, 0.4) is 0 Å². The van der Waals surface area contributed by atoms with E-state index in [4.69, 9.17) is 5.11 Å². The van der Waals surface area contributed by atoms with Crippen molar-refractivity contribution in [1.82, 2.24) is 0 Å². The Morgan fingerprint density at radius 1 is 1.53 bits per heavy atom. The molecule has 0 aliphatic rings. The van der Waals surface area contributed by atoms with E-state index < -0.39 is 5.97 Å². The zero-order valence-corrected chi connectivity index (χ0v) is 9.31. The minimum absolute atomic E-state index is 0.142. The van der Waals surface area contributed by atoms with Crippen LogP contribution in [-0.2, 0) is 5.75 Å². The normalized spacial score (nSPS) is 10.3. The highest BCUT2D eigenvalue weighted by Gasteiger charge is 2.07. The number of halogens is 1. The number of hydrogen-bond donors (Lipinski definition) is 1. The van der Waals surface area contributed by atoms with Crippen LogP contribution < -0.4 is 0 Å². The van der Waals surface area contributed by atoms with Crippen LogP contribution in [0.4, 0.5) is 4.39 Å². The number of rotatable bonds is 5. The molecule has 1 rings (SSSR count). The van der Waals surface area contributed by atoms with Gasteiger partial charge in [0.2, 0.25) is 0 Å². The molecule has 0 aliphatic carbocycles. The van der Waals surface area contributed by atoms with Crippen molar-refractivity contribution in [2.24, 2.45) is 0 Å². The van der Waals surface area contributed by atoms with Gasteiger partial charge in [0.25, 0.3) is 0 Å². The molecule has 0 bridgehead atoms. The molecule has 1 N–H and O–H groups in total.